The minimum atomic E-state index is -0.0139. The van der Waals surface area contributed by atoms with Gasteiger partial charge in [-0.1, -0.05) is 6.07 Å². The lowest BCUT2D eigenvalue weighted by molar-refractivity contribution is 0.0973. The predicted molar refractivity (Wildman–Crippen MR) is 82.8 cm³/mol. The van der Waals surface area contributed by atoms with Crippen LogP contribution in [-0.4, -0.2) is 22.1 Å². The van der Waals surface area contributed by atoms with Gasteiger partial charge in [0.25, 0.3) is 5.91 Å². The first kappa shape index (κ1) is 13.7. The van der Waals surface area contributed by atoms with Crippen LogP contribution in [0.25, 0.3) is 0 Å². The SMILES string of the molecule is CCN(C(=O)c1cccn1C1CCC1)c1cccc(O)c1. The topological polar surface area (TPSA) is 45.5 Å². The smallest absolute Gasteiger partial charge is 0.274 e. The average molecular weight is 284 g/mol. The number of carbonyl (C=O) groups excluding carboxylic acids is 1. The van der Waals surface area contributed by atoms with E-state index in [1.54, 1.807) is 23.1 Å². The van der Waals surface area contributed by atoms with Gasteiger partial charge in [0.1, 0.15) is 11.4 Å². The van der Waals surface area contributed by atoms with Crippen LogP contribution in [0, 0.1) is 0 Å². The van der Waals surface area contributed by atoms with E-state index in [0.717, 1.165) is 24.2 Å². The molecule has 1 N–H and O–H groups in total. The largest absolute Gasteiger partial charge is 0.508 e. The summed E-state index contributed by atoms with van der Waals surface area (Å²) in [4.78, 5) is 14.5. The molecular weight excluding hydrogens is 264 g/mol. The highest BCUT2D eigenvalue weighted by atomic mass is 16.3. The van der Waals surface area contributed by atoms with Crippen LogP contribution in [0.2, 0.25) is 0 Å². The van der Waals surface area contributed by atoms with Gasteiger partial charge in [0, 0.05) is 30.5 Å². The van der Waals surface area contributed by atoms with Crippen molar-refractivity contribution >= 4 is 11.6 Å². The number of phenols is 1. The molecule has 0 saturated heterocycles. The summed E-state index contributed by atoms with van der Waals surface area (Å²) < 4.78 is 2.09. The first-order valence-electron chi connectivity index (χ1n) is 7.48. The fraction of sp³-hybridized carbons (Fsp3) is 0.353. The minimum Gasteiger partial charge on any atom is -0.508 e. The molecule has 0 unspecified atom stereocenters. The van der Waals surface area contributed by atoms with E-state index in [0.29, 0.717) is 12.6 Å². The fourth-order valence-corrected chi connectivity index (χ4v) is 2.80. The van der Waals surface area contributed by atoms with Crippen molar-refractivity contribution in [2.45, 2.75) is 32.2 Å². The number of benzene rings is 1. The molecule has 21 heavy (non-hydrogen) atoms. The lowest BCUT2D eigenvalue weighted by Crippen LogP contribution is -2.33. The fourth-order valence-electron chi connectivity index (χ4n) is 2.80. The number of aromatic hydroxyl groups is 1. The molecule has 3 rings (SSSR count). The van der Waals surface area contributed by atoms with Crippen molar-refractivity contribution in [2.24, 2.45) is 0 Å². The molecule has 4 nitrogen and oxygen atoms in total. The molecular formula is C17H20N2O2. The summed E-state index contributed by atoms with van der Waals surface area (Å²) >= 11 is 0. The lowest BCUT2D eigenvalue weighted by Gasteiger charge is -2.30. The van der Waals surface area contributed by atoms with Gasteiger partial charge in [0.2, 0.25) is 0 Å². The summed E-state index contributed by atoms with van der Waals surface area (Å²) in [5, 5.41) is 9.62. The Morgan fingerprint density at radius 2 is 2.14 bits per heavy atom. The van der Waals surface area contributed by atoms with Crippen LogP contribution in [0.3, 0.4) is 0 Å². The molecule has 0 atom stereocenters. The van der Waals surface area contributed by atoms with Gasteiger partial charge in [-0.2, -0.15) is 0 Å². The molecule has 1 aromatic carbocycles. The molecule has 0 aliphatic heterocycles. The first-order valence-corrected chi connectivity index (χ1v) is 7.48. The molecule has 2 aromatic rings. The van der Waals surface area contributed by atoms with Crippen LogP contribution in [0.5, 0.6) is 5.75 Å². The number of hydrogen-bond donors (Lipinski definition) is 1. The summed E-state index contributed by atoms with van der Waals surface area (Å²) in [6.07, 6.45) is 5.52. The van der Waals surface area contributed by atoms with Gasteiger partial charge in [0.15, 0.2) is 0 Å². The monoisotopic (exact) mass is 284 g/mol. The van der Waals surface area contributed by atoms with Crippen molar-refractivity contribution in [3.8, 4) is 5.75 Å². The second-order valence-corrected chi connectivity index (χ2v) is 5.45. The predicted octanol–water partition coefficient (Wildman–Crippen LogP) is 3.59. The number of rotatable bonds is 4. The third-order valence-corrected chi connectivity index (χ3v) is 4.17. The van der Waals surface area contributed by atoms with E-state index in [1.165, 1.54) is 6.42 Å². The Bertz CT molecular complexity index is 644. The average Bonchev–Trinajstić information content (AvgIpc) is 2.86. The Hall–Kier alpha value is -2.23. The second kappa shape index (κ2) is 5.64. The summed E-state index contributed by atoms with van der Waals surface area (Å²) in [7, 11) is 0. The molecule has 1 heterocycles. The van der Waals surface area contributed by atoms with Crippen molar-refractivity contribution in [3.63, 3.8) is 0 Å². The van der Waals surface area contributed by atoms with Gasteiger partial charge in [0.05, 0.1) is 0 Å². The molecule has 0 spiro atoms. The molecule has 1 aromatic heterocycles. The number of nitrogens with zero attached hydrogens (tertiary/aromatic N) is 2. The highest BCUT2D eigenvalue weighted by Gasteiger charge is 2.25. The minimum absolute atomic E-state index is 0.0139. The normalized spacial score (nSPS) is 14.7. The Morgan fingerprint density at radius 3 is 2.76 bits per heavy atom. The van der Waals surface area contributed by atoms with E-state index in [4.69, 9.17) is 0 Å². The van der Waals surface area contributed by atoms with E-state index in [-0.39, 0.29) is 11.7 Å². The maximum Gasteiger partial charge on any atom is 0.274 e. The van der Waals surface area contributed by atoms with Gasteiger partial charge in [-0.05, 0) is 50.5 Å². The van der Waals surface area contributed by atoms with Gasteiger partial charge in [-0.15, -0.1) is 0 Å². The Labute approximate surface area is 124 Å². The Balaban J connectivity index is 1.90. The zero-order chi connectivity index (χ0) is 14.8. The Kier molecular flexibility index (Phi) is 3.69. The standard InChI is InChI=1S/C17H20N2O2/c1-2-18(14-8-4-9-15(20)12-14)17(21)16-10-5-11-19(16)13-6-3-7-13/h4-5,8-13,20H,2-3,6-7H2,1H3. The number of aromatic nitrogens is 1. The van der Waals surface area contributed by atoms with E-state index in [1.807, 2.05) is 31.3 Å². The Morgan fingerprint density at radius 1 is 1.33 bits per heavy atom. The van der Waals surface area contributed by atoms with Crippen LogP contribution < -0.4 is 4.90 Å². The summed E-state index contributed by atoms with van der Waals surface area (Å²) in [6, 6.07) is 11.1. The highest BCUT2D eigenvalue weighted by Crippen LogP contribution is 2.33. The van der Waals surface area contributed by atoms with E-state index in [2.05, 4.69) is 4.57 Å². The van der Waals surface area contributed by atoms with Crippen LogP contribution in [0.15, 0.2) is 42.6 Å². The van der Waals surface area contributed by atoms with Crippen molar-refractivity contribution in [2.75, 3.05) is 11.4 Å². The van der Waals surface area contributed by atoms with Gasteiger partial charge in [-0.3, -0.25) is 4.79 Å². The zero-order valence-corrected chi connectivity index (χ0v) is 12.2. The van der Waals surface area contributed by atoms with Crippen molar-refractivity contribution < 1.29 is 9.90 Å². The van der Waals surface area contributed by atoms with Gasteiger partial charge < -0.3 is 14.6 Å². The lowest BCUT2D eigenvalue weighted by atomic mass is 9.93. The summed E-state index contributed by atoms with van der Waals surface area (Å²) in [5.74, 6) is 0.160. The van der Waals surface area contributed by atoms with E-state index < -0.39 is 0 Å². The second-order valence-electron chi connectivity index (χ2n) is 5.45. The van der Waals surface area contributed by atoms with E-state index in [9.17, 15) is 9.90 Å². The van der Waals surface area contributed by atoms with Crippen molar-refractivity contribution in [1.82, 2.24) is 4.57 Å². The van der Waals surface area contributed by atoms with Crippen LogP contribution in [-0.2, 0) is 0 Å². The van der Waals surface area contributed by atoms with Gasteiger partial charge >= 0.3 is 0 Å². The maximum atomic E-state index is 12.8. The summed E-state index contributed by atoms with van der Waals surface area (Å²) in [5.41, 5.74) is 1.45. The molecule has 1 aliphatic carbocycles. The van der Waals surface area contributed by atoms with Crippen molar-refractivity contribution in [3.05, 3.63) is 48.3 Å². The maximum absolute atomic E-state index is 12.8. The first-order chi connectivity index (χ1) is 10.2. The van der Waals surface area contributed by atoms with Crippen LogP contribution in [0.4, 0.5) is 5.69 Å². The molecule has 1 aliphatic rings. The molecule has 1 saturated carbocycles. The van der Waals surface area contributed by atoms with E-state index >= 15 is 0 Å². The number of carbonyl (C=O) groups is 1. The number of anilines is 1. The number of phenolic OH excluding ortho intramolecular Hbond substituents is 1. The van der Waals surface area contributed by atoms with Crippen LogP contribution in [0.1, 0.15) is 42.7 Å². The molecule has 0 bridgehead atoms. The molecule has 110 valence electrons. The van der Waals surface area contributed by atoms with Crippen molar-refractivity contribution in [1.29, 1.82) is 0 Å². The number of hydrogen-bond acceptors (Lipinski definition) is 2. The highest BCUT2D eigenvalue weighted by molar-refractivity contribution is 6.05. The van der Waals surface area contributed by atoms with Crippen LogP contribution >= 0.6 is 0 Å². The molecule has 4 heteroatoms. The molecule has 1 amide bonds. The zero-order valence-electron chi connectivity index (χ0n) is 12.2. The summed E-state index contributed by atoms with van der Waals surface area (Å²) in [6.45, 7) is 2.51. The molecule has 0 radical (unpaired) electrons. The third-order valence-electron chi connectivity index (χ3n) is 4.17. The third kappa shape index (κ3) is 2.53. The number of amides is 1. The quantitative estimate of drug-likeness (QED) is 0.932. The molecule has 1 fully saturated rings. The van der Waals surface area contributed by atoms with Gasteiger partial charge in [-0.25, -0.2) is 0 Å².